The third-order valence-electron chi connectivity index (χ3n) is 3.02. The lowest BCUT2D eigenvalue weighted by atomic mass is 10.2. The van der Waals surface area contributed by atoms with Crippen LogP contribution >= 0.6 is 15.9 Å². The Balaban J connectivity index is 1.93. The number of phenolic OH excluding ortho intramolecular Hbond substituents is 1. The van der Waals surface area contributed by atoms with Gasteiger partial charge in [0, 0.05) is 10.2 Å². The number of benzene rings is 2. The minimum atomic E-state index is -0.499. The summed E-state index contributed by atoms with van der Waals surface area (Å²) in [5, 5.41) is 14.8. The van der Waals surface area contributed by atoms with Crippen molar-refractivity contribution in [2.75, 3.05) is 11.9 Å². The lowest BCUT2D eigenvalue weighted by Gasteiger charge is -2.10. The van der Waals surface area contributed by atoms with Gasteiger partial charge in [0.2, 0.25) is 5.91 Å². The number of aryl methyl sites for hydroxylation is 1. The Kier molecular flexibility index (Phi) is 5.16. The maximum Gasteiger partial charge on any atom is 0.255 e. The van der Waals surface area contributed by atoms with Crippen LogP contribution in [-0.4, -0.2) is 23.5 Å². The van der Waals surface area contributed by atoms with E-state index in [0.29, 0.717) is 5.69 Å². The number of rotatable bonds is 4. The molecule has 0 aliphatic heterocycles. The van der Waals surface area contributed by atoms with Crippen molar-refractivity contribution >= 4 is 33.4 Å². The molecule has 0 atom stereocenters. The Morgan fingerprint density at radius 2 is 1.91 bits per heavy atom. The molecule has 0 saturated carbocycles. The molecular formula is C16H15BrN2O3. The van der Waals surface area contributed by atoms with Crippen molar-refractivity contribution in [1.82, 2.24) is 5.32 Å². The normalized spacial score (nSPS) is 10.1. The average Bonchev–Trinajstić information content (AvgIpc) is 2.48. The summed E-state index contributed by atoms with van der Waals surface area (Å²) in [5.41, 5.74) is 1.73. The molecule has 0 fully saturated rings. The van der Waals surface area contributed by atoms with Crippen molar-refractivity contribution in [3.63, 3.8) is 0 Å². The molecule has 22 heavy (non-hydrogen) atoms. The largest absolute Gasteiger partial charge is 0.507 e. The number of hydrogen-bond acceptors (Lipinski definition) is 3. The van der Waals surface area contributed by atoms with Gasteiger partial charge in [0.05, 0.1) is 12.1 Å². The molecule has 0 radical (unpaired) electrons. The third kappa shape index (κ3) is 4.08. The number of halogens is 1. The van der Waals surface area contributed by atoms with Gasteiger partial charge >= 0.3 is 0 Å². The molecule has 114 valence electrons. The number of nitrogens with one attached hydrogen (secondary N) is 2. The predicted molar refractivity (Wildman–Crippen MR) is 87.9 cm³/mol. The van der Waals surface area contributed by atoms with E-state index in [1.807, 2.05) is 19.1 Å². The summed E-state index contributed by atoms with van der Waals surface area (Å²) < 4.78 is 0.927. The van der Waals surface area contributed by atoms with Crippen LogP contribution in [0, 0.1) is 6.92 Å². The number of hydrogen-bond donors (Lipinski definition) is 3. The van der Waals surface area contributed by atoms with Crippen LogP contribution in [-0.2, 0) is 4.79 Å². The number of amides is 2. The molecule has 0 spiro atoms. The van der Waals surface area contributed by atoms with Gasteiger partial charge in [-0.05, 0) is 42.8 Å². The van der Waals surface area contributed by atoms with Crippen molar-refractivity contribution in [1.29, 1.82) is 0 Å². The second-order valence-corrected chi connectivity index (χ2v) is 5.62. The van der Waals surface area contributed by atoms with Crippen LogP contribution in [0.4, 0.5) is 5.69 Å². The van der Waals surface area contributed by atoms with Gasteiger partial charge in [0.1, 0.15) is 5.75 Å². The van der Waals surface area contributed by atoms with Gasteiger partial charge in [-0.3, -0.25) is 9.59 Å². The predicted octanol–water partition coefficient (Wildman–Crippen LogP) is 2.83. The van der Waals surface area contributed by atoms with E-state index in [1.54, 1.807) is 18.2 Å². The molecule has 2 aromatic carbocycles. The zero-order valence-electron chi connectivity index (χ0n) is 11.9. The number of anilines is 1. The molecule has 2 rings (SSSR count). The van der Waals surface area contributed by atoms with E-state index in [-0.39, 0.29) is 23.8 Å². The number of para-hydroxylation sites is 1. The molecule has 2 aromatic rings. The van der Waals surface area contributed by atoms with Gasteiger partial charge in [-0.25, -0.2) is 0 Å². The standard InChI is InChI=1S/C16H15BrN2O3/c1-10-8-11(17)6-7-13(10)19-15(21)9-18-16(22)12-4-2-3-5-14(12)20/h2-8,20H,9H2,1H3,(H,18,22)(H,19,21). The van der Waals surface area contributed by atoms with E-state index in [2.05, 4.69) is 26.6 Å². The summed E-state index contributed by atoms with van der Waals surface area (Å²) in [6.45, 7) is 1.70. The van der Waals surface area contributed by atoms with Crippen LogP contribution in [0.1, 0.15) is 15.9 Å². The maximum atomic E-state index is 11.9. The highest BCUT2D eigenvalue weighted by molar-refractivity contribution is 9.10. The Morgan fingerprint density at radius 1 is 1.18 bits per heavy atom. The summed E-state index contributed by atoms with van der Waals surface area (Å²) in [4.78, 5) is 23.7. The van der Waals surface area contributed by atoms with E-state index in [9.17, 15) is 14.7 Å². The van der Waals surface area contributed by atoms with Crippen LogP contribution in [0.5, 0.6) is 5.75 Å². The number of carbonyl (C=O) groups excluding carboxylic acids is 2. The van der Waals surface area contributed by atoms with Crippen LogP contribution in [0.2, 0.25) is 0 Å². The van der Waals surface area contributed by atoms with Crippen molar-refractivity contribution in [2.24, 2.45) is 0 Å². The van der Waals surface area contributed by atoms with Gasteiger partial charge in [-0.15, -0.1) is 0 Å². The first-order chi connectivity index (χ1) is 10.5. The monoisotopic (exact) mass is 362 g/mol. The molecule has 3 N–H and O–H groups in total. The third-order valence-corrected chi connectivity index (χ3v) is 3.51. The second-order valence-electron chi connectivity index (χ2n) is 4.71. The van der Waals surface area contributed by atoms with E-state index < -0.39 is 5.91 Å². The summed E-state index contributed by atoms with van der Waals surface area (Å²) in [5.74, 6) is -0.959. The average molecular weight is 363 g/mol. The zero-order chi connectivity index (χ0) is 16.1. The summed E-state index contributed by atoms with van der Waals surface area (Å²) >= 11 is 3.35. The van der Waals surface area contributed by atoms with Gasteiger partial charge in [-0.2, -0.15) is 0 Å². The first-order valence-electron chi connectivity index (χ1n) is 6.59. The molecular weight excluding hydrogens is 348 g/mol. The van der Waals surface area contributed by atoms with Gasteiger partial charge in [-0.1, -0.05) is 28.1 Å². The van der Waals surface area contributed by atoms with Crippen molar-refractivity contribution in [3.05, 3.63) is 58.1 Å². The summed E-state index contributed by atoms with van der Waals surface area (Å²) in [7, 11) is 0. The van der Waals surface area contributed by atoms with Crippen molar-refractivity contribution in [3.8, 4) is 5.75 Å². The molecule has 5 nitrogen and oxygen atoms in total. The minimum Gasteiger partial charge on any atom is -0.507 e. The highest BCUT2D eigenvalue weighted by atomic mass is 79.9. The summed E-state index contributed by atoms with van der Waals surface area (Å²) in [6.07, 6.45) is 0. The molecule has 0 heterocycles. The smallest absolute Gasteiger partial charge is 0.255 e. The zero-order valence-corrected chi connectivity index (χ0v) is 13.5. The molecule has 0 bridgehead atoms. The SMILES string of the molecule is Cc1cc(Br)ccc1NC(=O)CNC(=O)c1ccccc1O. The van der Waals surface area contributed by atoms with Crippen LogP contribution in [0.3, 0.4) is 0 Å². The van der Waals surface area contributed by atoms with E-state index in [1.165, 1.54) is 12.1 Å². The molecule has 0 aliphatic rings. The molecule has 0 aliphatic carbocycles. The van der Waals surface area contributed by atoms with Gasteiger partial charge < -0.3 is 15.7 Å². The van der Waals surface area contributed by atoms with E-state index in [0.717, 1.165) is 10.0 Å². The Labute approximate surface area is 136 Å². The molecule has 0 saturated heterocycles. The Bertz CT molecular complexity index is 716. The number of phenols is 1. The van der Waals surface area contributed by atoms with Gasteiger partial charge in [0.25, 0.3) is 5.91 Å². The van der Waals surface area contributed by atoms with Gasteiger partial charge in [0.15, 0.2) is 0 Å². The maximum absolute atomic E-state index is 11.9. The molecule has 0 aromatic heterocycles. The fourth-order valence-corrected chi connectivity index (χ4v) is 2.36. The lowest BCUT2D eigenvalue weighted by molar-refractivity contribution is -0.115. The lowest BCUT2D eigenvalue weighted by Crippen LogP contribution is -2.33. The first-order valence-corrected chi connectivity index (χ1v) is 7.39. The summed E-state index contributed by atoms with van der Waals surface area (Å²) in [6, 6.07) is 11.7. The number of carbonyl (C=O) groups is 2. The molecule has 2 amide bonds. The highest BCUT2D eigenvalue weighted by Gasteiger charge is 2.12. The highest BCUT2D eigenvalue weighted by Crippen LogP contribution is 2.20. The van der Waals surface area contributed by atoms with Crippen LogP contribution in [0.15, 0.2) is 46.9 Å². The van der Waals surface area contributed by atoms with E-state index in [4.69, 9.17) is 0 Å². The Morgan fingerprint density at radius 3 is 2.59 bits per heavy atom. The number of aromatic hydroxyl groups is 1. The second kappa shape index (κ2) is 7.09. The first kappa shape index (κ1) is 16.0. The Hall–Kier alpha value is -2.34. The quantitative estimate of drug-likeness (QED) is 0.782. The van der Waals surface area contributed by atoms with Crippen LogP contribution in [0.25, 0.3) is 0 Å². The fraction of sp³-hybridized carbons (Fsp3) is 0.125. The van der Waals surface area contributed by atoms with Crippen molar-refractivity contribution < 1.29 is 14.7 Å². The minimum absolute atomic E-state index is 0.121. The topological polar surface area (TPSA) is 78.4 Å². The van der Waals surface area contributed by atoms with E-state index >= 15 is 0 Å². The van der Waals surface area contributed by atoms with Crippen molar-refractivity contribution in [2.45, 2.75) is 6.92 Å². The fourth-order valence-electron chi connectivity index (χ4n) is 1.88. The molecule has 6 heteroatoms. The molecule has 0 unspecified atom stereocenters. The van der Waals surface area contributed by atoms with Crippen LogP contribution < -0.4 is 10.6 Å².